The summed E-state index contributed by atoms with van der Waals surface area (Å²) in [5.74, 6) is -59.9. The summed E-state index contributed by atoms with van der Waals surface area (Å²) < 4.78 is 280. The Bertz CT molecular complexity index is 1960. The lowest BCUT2D eigenvalue weighted by molar-refractivity contribution is -0.461. The molecule has 66 heavy (non-hydrogen) atoms. The first-order valence-corrected chi connectivity index (χ1v) is 21.3. The number of carbonyl (C=O) groups excluding carboxylic acids is 2. The van der Waals surface area contributed by atoms with Crippen LogP contribution < -0.4 is 15.5 Å². The van der Waals surface area contributed by atoms with Gasteiger partial charge in [-0.1, -0.05) is 45.9 Å². The second-order valence-electron chi connectivity index (χ2n) is 15.1. The molecule has 0 unspecified atom stereocenters. The highest BCUT2D eigenvalue weighted by Crippen LogP contribution is 2.64. The minimum atomic E-state index is -8.72. The quantitative estimate of drug-likeness (QED) is 0.0242. The Morgan fingerprint density at radius 3 is 1.71 bits per heavy atom. The molecule has 0 aliphatic heterocycles. The number of allylic oxidation sites excluding steroid dienone is 1. The molecule has 2 aromatic carbocycles. The summed E-state index contributed by atoms with van der Waals surface area (Å²) in [7, 11) is -4.05. The monoisotopic (exact) mass is 1010 g/mol. The van der Waals surface area contributed by atoms with Crippen LogP contribution in [0.4, 0.5) is 93.9 Å². The Kier molecular flexibility index (Phi) is 18.5. The van der Waals surface area contributed by atoms with Gasteiger partial charge in [-0.25, -0.2) is 19.1 Å². The van der Waals surface area contributed by atoms with Crippen LogP contribution in [-0.2, 0) is 14.0 Å². The van der Waals surface area contributed by atoms with E-state index in [9.17, 15) is 93.0 Å². The molecule has 2 aromatic rings. The van der Waals surface area contributed by atoms with E-state index in [0.29, 0.717) is 11.6 Å². The van der Waals surface area contributed by atoms with Crippen molar-refractivity contribution in [3.05, 3.63) is 71.8 Å². The van der Waals surface area contributed by atoms with Crippen molar-refractivity contribution in [1.82, 2.24) is 5.48 Å². The van der Waals surface area contributed by atoms with Crippen molar-refractivity contribution in [2.24, 2.45) is 0 Å². The molecular weight excluding hydrogens is 969 g/mol. The summed E-state index contributed by atoms with van der Waals surface area (Å²) in [4.78, 5) is 23.9. The van der Waals surface area contributed by atoms with Crippen molar-refractivity contribution in [2.45, 2.75) is 124 Å². The Morgan fingerprint density at radius 2 is 1.23 bits per heavy atom. The van der Waals surface area contributed by atoms with E-state index in [1.165, 1.54) is 63.5 Å². The van der Waals surface area contributed by atoms with Gasteiger partial charge in [-0.2, -0.15) is 74.6 Å². The van der Waals surface area contributed by atoms with Crippen LogP contribution in [0.2, 0.25) is 17.1 Å². The summed E-state index contributed by atoms with van der Waals surface area (Å²) in [6.45, 7) is 4.08. The number of benzene rings is 2. The second-order valence-corrected chi connectivity index (χ2v) is 20.1. The fourth-order valence-electron chi connectivity index (χ4n) is 6.33. The summed E-state index contributed by atoms with van der Waals surface area (Å²) >= 11 is 0. The fourth-order valence-corrected chi connectivity index (χ4v) is 10.8. The Balaban J connectivity index is 2.27. The van der Waals surface area contributed by atoms with Crippen LogP contribution in [0.1, 0.15) is 65.0 Å². The van der Waals surface area contributed by atoms with Crippen LogP contribution in [0.15, 0.2) is 54.6 Å². The number of unbranched alkanes of at least 4 members (excludes halogenated alkanes) is 1. The fraction of sp³-hybridized carbons (Fsp3) is 0.579. The molecule has 0 spiro atoms. The van der Waals surface area contributed by atoms with E-state index in [-0.39, 0.29) is 25.0 Å². The van der Waals surface area contributed by atoms with Gasteiger partial charge < -0.3 is 13.9 Å². The maximum absolute atomic E-state index is 15.0. The number of rotatable bonds is 24. The lowest BCUT2D eigenvalue weighted by Crippen LogP contribution is -2.74. The van der Waals surface area contributed by atoms with Crippen LogP contribution in [-0.4, -0.2) is 86.4 Å². The molecule has 0 radical (unpaired) electrons. The molecule has 376 valence electrons. The van der Waals surface area contributed by atoms with Gasteiger partial charge in [-0.15, -0.1) is 0 Å². The van der Waals surface area contributed by atoms with Crippen molar-refractivity contribution in [1.29, 1.82) is 0 Å². The Morgan fingerprint density at radius 1 is 0.712 bits per heavy atom. The predicted octanol–water partition coefficient (Wildman–Crippen LogP) is 13.0. The van der Waals surface area contributed by atoms with Crippen LogP contribution in [0, 0.1) is 11.6 Å². The molecule has 0 bridgehead atoms. The van der Waals surface area contributed by atoms with Gasteiger partial charge in [0.25, 0.3) is 5.91 Å². The predicted molar refractivity (Wildman–Crippen MR) is 196 cm³/mol. The minimum absolute atomic E-state index is 0.0444. The van der Waals surface area contributed by atoms with Gasteiger partial charge >= 0.3 is 53.7 Å². The van der Waals surface area contributed by atoms with E-state index >= 15 is 0 Å². The maximum Gasteiger partial charge on any atom is 0.460 e. The van der Waals surface area contributed by atoms with Crippen LogP contribution in [0.3, 0.4) is 0 Å². The highest BCUT2D eigenvalue weighted by atomic mass is 28.4. The zero-order valence-corrected chi connectivity index (χ0v) is 35.5. The van der Waals surface area contributed by atoms with Gasteiger partial charge in [0.2, 0.25) is 0 Å². The first-order valence-electron chi connectivity index (χ1n) is 19.0. The lowest BCUT2D eigenvalue weighted by atomic mass is 9.88. The molecular formula is C38H41F19N2O6Si. The smallest absolute Gasteiger partial charge is 0.460 e. The van der Waals surface area contributed by atoms with Crippen LogP contribution in [0.25, 0.3) is 0 Å². The van der Waals surface area contributed by atoms with E-state index in [1.54, 1.807) is 0 Å². The van der Waals surface area contributed by atoms with Gasteiger partial charge in [0.05, 0.1) is 12.3 Å². The first kappa shape index (κ1) is 57.7. The summed E-state index contributed by atoms with van der Waals surface area (Å²) in [6, 6.07) is 6.29. The number of hydrogen-bond acceptors (Lipinski definition) is 6. The highest BCUT2D eigenvalue weighted by molar-refractivity contribution is 6.76. The van der Waals surface area contributed by atoms with Gasteiger partial charge in [-0.3, -0.25) is 15.3 Å². The SMILES string of the molecule is CC(C)[Si](CCC(F)(F)C(F)(F)C(F)(F)C(F)(F)C(F)(F)C(F)(F)C(F)(F)C(F)(F)F)(OCCOc1ccc([C@H](CCC/C=C/C(=O)NO)OC(=O)Nc2ccc(F)cc2F)cc1)C(C)C. The van der Waals surface area contributed by atoms with E-state index in [0.717, 1.165) is 18.2 Å². The molecule has 0 aliphatic carbocycles. The molecule has 8 nitrogen and oxygen atoms in total. The normalized spacial score (nSPS) is 14.5. The van der Waals surface area contributed by atoms with Crippen molar-refractivity contribution < 1.29 is 112 Å². The number of nitrogens with one attached hydrogen (secondary N) is 2. The molecule has 3 N–H and O–H groups in total. The first-order chi connectivity index (χ1) is 29.9. The number of halogens is 19. The summed E-state index contributed by atoms with van der Waals surface area (Å²) in [6.07, 6.45) is -9.75. The average Bonchev–Trinajstić information content (AvgIpc) is 3.20. The number of amides is 2. The van der Waals surface area contributed by atoms with E-state index < -0.39 is 128 Å². The topological polar surface area (TPSA) is 106 Å². The number of anilines is 1. The van der Waals surface area contributed by atoms with Crippen LogP contribution >= 0.6 is 0 Å². The molecule has 0 aromatic heterocycles. The number of ether oxygens (including phenoxy) is 2. The van der Waals surface area contributed by atoms with Crippen molar-refractivity contribution >= 4 is 26.0 Å². The third kappa shape index (κ3) is 12.0. The zero-order chi connectivity index (χ0) is 51.1. The third-order valence-corrected chi connectivity index (χ3v) is 15.9. The van der Waals surface area contributed by atoms with E-state index in [2.05, 4.69) is 5.32 Å². The molecule has 2 rings (SSSR count). The maximum atomic E-state index is 15.0. The van der Waals surface area contributed by atoms with Crippen LogP contribution in [0.5, 0.6) is 5.75 Å². The summed E-state index contributed by atoms with van der Waals surface area (Å²) in [5, 5.41) is 10.7. The zero-order valence-electron chi connectivity index (χ0n) is 34.5. The van der Waals surface area contributed by atoms with E-state index in [1.807, 2.05) is 0 Å². The molecule has 1 atom stereocenters. The van der Waals surface area contributed by atoms with Gasteiger partial charge in [0.1, 0.15) is 30.1 Å². The number of hydrogen-bond donors (Lipinski definition) is 3. The molecule has 0 saturated heterocycles. The largest absolute Gasteiger partial charge is 0.491 e. The molecule has 28 heteroatoms. The molecule has 2 amide bonds. The van der Waals surface area contributed by atoms with Crippen molar-refractivity contribution in [2.75, 3.05) is 18.5 Å². The molecule has 0 fully saturated rings. The standard InChI is InChI=1S/C38H41F19N2O6Si/c1-21(2)66(22(3)4,19-16-31(41,42)32(43,44)33(45,46)34(47,48)35(49,50)36(51,52)37(53,54)38(55,56)57)64-18-17-63-25-13-10-23(11-14-25)28(8-6-5-7-9-29(60)59-62)65-30(61)58-27-15-12-24(39)20-26(27)40/h7,9-15,20-22,28,62H,5-6,8,16-19H2,1-4H3,(H,58,61)(H,59,60)/b9-7+/t28-/m0/s1. The van der Waals surface area contributed by atoms with Gasteiger partial charge in [0.15, 0.2) is 8.32 Å². The van der Waals surface area contributed by atoms with Crippen molar-refractivity contribution in [3.63, 3.8) is 0 Å². The minimum Gasteiger partial charge on any atom is -0.491 e. The summed E-state index contributed by atoms with van der Waals surface area (Å²) in [5.41, 5.74) is -0.601. The number of alkyl halides is 17. The molecule has 0 saturated carbocycles. The Labute approximate surface area is 363 Å². The second kappa shape index (κ2) is 21.2. The highest BCUT2D eigenvalue weighted by Gasteiger charge is 2.95. The number of carbonyl (C=O) groups is 2. The van der Waals surface area contributed by atoms with Gasteiger partial charge in [-0.05, 0) is 66.2 Å². The average molecular weight is 1010 g/mol. The Hall–Kier alpha value is -4.47. The van der Waals surface area contributed by atoms with E-state index in [4.69, 9.17) is 19.1 Å². The van der Waals surface area contributed by atoms with Crippen molar-refractivity contribution in [3.8, 4) is 5.75 Å². The lowest BCUT2D eigenvalue weighted by Gasteiger charge is -2.44. The van der Waals surface area contributed by atoms with Gasteiger partial charge in [0, 0.05) is 18.6 Å². The molecule has 0 aliphatic rings. The molecule has 0 heterocycles. The third-order valence-electron chi connectivity index (χ3n) is 10.2. The number of hydroxylamine groups is 1.